The third-order valence-corrected chi connectivity index (χ3v) is 4.87. The zero-order chi connectivity index (χ0) is 10.6. The van der Waals surface area contributed by atoms with Crippen LogP contribution in [0.2, 0.25) is 4.34 Å². The molecule has 0 radical (unpaired) electrons. The van der Waals surface area contributed by atoms with E-state index in [1.165, 1.54) is 6.07 Å². The first kappa shape index (κ1) is 12.3. The Kier molecular flexibility index (Phi) is 4.66. The molecule has 14 heavy (non-hydrogen) atoms. The summed E-state index contributed by atoms with van der Waals surface area (Å²) < 4.78 is 26.2. The molecule has 1 heterocycles. The number of rotatable bonds is 5. The van der Waals surface area contributed by atoms with E-state index in [0.717, 1.165) is 11.3 Å². The van der Waals surface area contributed by atoms with Crippen LogP contribution in [-0.4, -0.2) is 20.8 Å². The normalized spacial score (nSPS) is 11.9. The molecule has 0 amide bonds. The van der Waals surface area contributed by atoms with E-state index < -0.39 is 10.0 Å². The van der Waals surface area contributed by atoms with Gasteiger partial charge in [0.05, 0.1) is 4.34 Å². The van der Waals surface area contributed by atoms with Gasteiger partial charge < -0.3 is 0 Å². The summed E-state index contributed by atoms with van der Waals surface area (Å²) in [4.78, 5) is 0. The molecule has 0 unspecified atom stereocenters. The molecule has 0 fully saturated rings. The molecular formula is C7H9Cl2NO2S2. The van der Waals surface area contributed by atoms with Gasteiger partial charge in [-0.25, -0.2) is 13.1 Å². The molecule has 1 N–H and O–H groups in total. The van der Waals surface area contributed by atoms with Crippen LogP contribution in [0.5, 0.6) is 0 Å². The summed E-state index contributed by atoms with van der Waals surface area (Å²) in [5, 5.41) is 0. The van der Waals surface area contributed by atoms with Gasteiger partial charge in [0.25, 0.3) is 0 Å². The van der Waals surface area contributed by atoms with E-state index in [9.17, 15) is 8.42 Å². The van der Waals surface area contributed by atoms with Gasteiger partial charge in [0.2, 0.25) is 10.0 Å². The Hall–Kier alpha value is 0.190. The molecule has 0 aliphatic rings. The second-order valence-corrected chi connectivity index (χ2v) is 6.59. The molecule has 0 aliphatic carbocycles. The van der Waals surface area contributed by atoms with E-state index in [0.29, 0.717) is 23.2 Å². The second-order valence-electron chi connectivity index (χ2n) is 2.50. The van der Waals surface area contributed by atoms with Gasteiger partial charge in [-0.05, 0) is 18.6 Å². The number of halogens is 2. The Balaban J connectivity index is 2.66. The molecule has 0 saturated carbocycles. The molecule has 0 aromatic carbocycles. The third kappa shape index (κ3) is 3.40. The molecule has 0 saturated heterocycles. The number of sulfonamides is 1. The lowest BCUT2D eigenvalue weighted by Crippen LogP contribution is -2.24. The van der Waals surface area contributed by atoms with Crippen molar-refractivity contribution >= 4 is 44.6 Å². The van der Waals surface area contributed by atoms with Crippen molar-refractivity contribution in [2.45, 2.75) is 10.6 Å². The van der Waals surface area contributed by atoms with Gasteiger partial charge in [-0.1, -0.05) is 11.6 Å². The van der Waals surface area contributed by atoms with Crippen molar-refractivity contribution in [3.05, 3.63) is 16.5 Å². The van der Waals surface area contributed by atoms with Gasteiger partial charge >= 0.3 is 0 Å². The SMILES string of the molecule is O=S(=O)(NCCCCl)c1ccc(Cl)s1. The highest BCUT2D eigenvalue weighted by atomic mass is 35.5. The lowest BCUT2D eigenvalue weighted by atomic mass is 10.5. The van der Waals surface area contributed by atoms with Crippen LogP contribution in [-0.2, 0) is 10.0 Å². The second kappa shape index (κ2) is 5.32. The van der Waals surface area contributed by atoms with Crippen molar-refractivity contribution < 1.29 is 8.42 Å². The van der Waals surface area contributed by atoms with Crippen LogP contribution in [0.25, 0.3) is 0 Å². The standard InChI is InChI=1S/C7H9Cl2NO2S2/c8-4-1-5-10-14(11,12)7-3-2-6(9)13-7/h2-3,10H,1,4-5H2. The van der Waals surface area contributed by atoms with Crippen LogP contribution in [0.1, 0.15) is 6.42 Å². The molecule has 0 bridgehead atoms. The van der Waals surface area contributed by atoms with E-state index in [4.69, 9.17) is 23.2 Å². The molecule has 3 nitrogen and oxygen atoms in total. The first-order chi connectivity index (χ1) is 6.56. The maximum absolute atomic E-state index is 11.5. The summed E-state index contributed by atoms with van der Waals surface area (Å²) in [6.07, 6.45) is 0.611. The minimum absolute atomic E-state index is 0.233. The number of hydrogen-bond donors (Lipinski definition) is 1. The number of hydrogen-bond acceptors (Lipinski definition) is 3. The van der Waals surface area contributed by atoms with Crippen molar-refractivity contribution in [1.29, 1.82) is 0 Å². The fourth-order valence-corrected chi connectivity index (χ4v) is 3.52. The monoisotopic (exact) mass is 273 g/mol. The van der Waals surface area contributed by atoms with Gasteiger partial charge in [0.15, 0.2) is 0 Å². The van der Waals surface area contributed by atoms with Gasteiger partial charge in [-0.15, -0.1) is 22.9 Å². The summed E-state index contributed by atoms with van der Waals surface area (Å²) in [7, 11) is -3.39. The van der Waals surface area contributed by atoms with Crippen LogP contribution >= 0.6 is 34.5 Å². The summed E-state index contributed by atoms with van der Waals surface area (Å²) in [6, 6.07) is 3.04. The van der Waals surface area contributed by atoms with Gasteiger partial charge in [-0.3, -0.25) is 0 Å². The smallest absolute Gasteiger partial charge is 0.210 e. The Morgan fingerprint density at radius 3 is 2.64 bits per heavy atom. The van der Waals surface area contributed by atoms with Crippen molar-refractivity contribution in [1.82, 2.24) is 4.72 Å². The molecule has 1 rings (SSSR count). The molecule has 0 aliphatic heterocycles. The van der Waals surface area contributed by atoms with E-state index in [-0.39, 0.29) is 4.21 Å². The maximum atomic E-state index is 11.5. The molecule has 7 heteroatoms. The highest BCUT2D eigenvalue weighted by molar-refractivity contribution is 7.91. The largest absolute Gasteiger partial charge is 0.250 e. The van der Waals surface area contributed by atoms with Crippen LogP contribution < -0.4 is 4.72 Å². The number of alkyl halides is 1. The Labute approximate surface area is 97.1 Å². The van der Waals surface area contributed by atoms with Crippen LogP contribution in [0, 0.1) is 0 Å². The van der Waals surface area contributed by atoms with Crippen LogP contribution in [0.3, 0.4) is 0 Å². The van der Waals surface area contributed by atoms with Gasteiger partial charge in [0.1, 0.15) is 4.21 Å². The van der Waals surface area contributed by atoms with E-state index in [2.05, 4.69) is 4.72 Å². The summed E-state index contributed by atoms with van der Waals surface area (Å²) in [5.41, 5.74) is 0. The maximum Gasteiger partial charge on any atom is 0.250 e. The molecule has 80 valence electrons. The van der Waals surface area contributed by atoms with Crippen molar-refractivity contribution in [2.24, 2.45) is 0 Å². The predicted octanol–water partition coefficient (Wildman–Crippen LogP) is 2.31. The Morgan fingerprint density at radius 1 is 1.43 bits per heavy atom. The van der Waals surface area contributed by atoms with E-state index in [1.807, 2.05) is 0 Å². The van der Waals surface area contributed by atoms with Gasteiger partial charge in [-0.2, -0.15) is 0 Å². The summed E-state index contributed by atoms with van der Waals surface area (Å²) in [5.74, 6) is 0.438. The first-order valence-corrected chi connectivity index (χ1v) is 7.08. The molecule has 1 aromatic rings. The Bertz CT molecular complexity index is 388. The van der Waals surface area contributed by atoms with Crippen molar-refractivity contribution in [3.8, 4) is 0 Å². The van der Waals surface area contributed by atoms with Crippen molar-refractivity contribution in [2.75, 3.05) is 12.4 Å². The summed E-state index contributed by atoms with van der Waals surface area (Å²) in [6.45, 7) is 0.349. The number of thiophene rings is 1. The van der Waals surface area contributed by atoms with E-state index >= 15 is 0 Å². The fourth-order valence-electron chi connectivity index (χ4n) is 0.787. The molecule has 0 atom stereocenters. The Morgan fingerprint density at radius 2 is 2.14 bits per heavy atom. The topological polar surface area (TPSA) is 46.2 Å². The molecule has 0 spiro atoms. The number of nitrogens with one attached hydrogen (secondary N) is 1. The summed E-state index contributed by atoms with van der Waals surface area (Å²) >= 11 is 12.1. The zero-order valence-corrected chi connectivity index (χ0v) is 10.3. The van der Waals surface area contributed by atoms with Gasteiger partial charge in [0, 0.05) is 12.4 Å². The quantitative estimate of drug-likeness (QED) is 0.661. The van der Waals surface area contributed by atoms with Crippen LogP contribution in [0.4, 0.5) is 0 Å². The minimum atomic E-state index is -3.39. The fraction of sp³-hybridized carbons (Fsp3) is 0.429. The highest BCUT2D eigenvalue weighted by Gasteiger charge is 2.15. The lowest BCUT2D eigenvalue weighted by Gasteiger charge is -2.02. The van der Waals surface area contributed by atoms with Crippen molar-refractivity contribution in [3.63, 3.8) is 0 Å². The zero-order valence-electron chi connectivity index (χ0n) is 7.16. The molecule has 1 aromatic heterocycles. The predicted molar refractivity (Wildman–Crippen MR) is 59.9 cm³/mol. The average Bonchev–Trinajstić information content (AvgIpc) is 2.53. The third-order valence-electron chi connectivity index (χ3n) is 1.42. The average molecular weight is 274 g/mol. The lowest BCUT2D eigenvalue weighted by molar-refractivity contribution is 0.583. The molecular weight excluding hydrogens is 265 g/mol. The first-order valence-electron chi connectivity index (χ1n) is 3.87. The highest BCUT2D eigenvalue weighted by Crippen LogP contribution is 2.25. The minimum Gasteiger partial charge on any atom is -0.210 e. The van der Waals surface area contributed by atoms with E-state index in [1.54, 1.807) is 6.07 Å². The van der Waals surface area contributed by atoms with Crippen LogP contribution in [0.15, 0.2) is 16.3 Å².